The van der Waals surface area contributed by atoms with Gasteiger partial charge in [0, 0.05) is 16.8 Å². The van der Waals surface area contributed by atoms with E-state index in [1.54, 1.807) is 24.3 Å². The van der Waals surface area contributed by atoms with Gasteiger partial charge < -0.3 is 19.5 Å². The molecule has 0 unspecified atom stereocenters. The summed E-state index contributed by atoms with van der Waals surface area (Å²) < 4.78 is 17.4. The SMILES string of the molecule is CCOCCOc1ccc(NC(=O)c2cc(Br)ccc2OCC(C)C)cc1. The molecule has 0 saturated heterocycles. The fraction of sp³-hybridized carbons (Fsp3) is 0.381. The summed E-state index contributed by atoms with van der Waals surface area (Å²) in [5.41, 5.74) is 1.18. The highest BCUT2D eigenvalue weighted by molar-refractivity contribution is 9.10. The number of nitrogens with one attached hydrogen (secondary N) is 1. The van der Waals surface area contributed by atoms with Crippen molar-refractivity contribution in [3.05, 3.63) is 52.5 Å². The van der Waals surface area contributed by atoms with Crippen molar-refractivity contribution in [3.8, 4) is 11.5 Å². The van der Waals surface area contributed by atoms with E-state index in [1.165, 1.54) is 0 Å². The van der Waals surface area contributed by atoms with Crippen LogP contribution in [0.4, 0.5) is 5.69 Å². The molecule has 0 aliphatic carbocycles. The normalized spacial score (nSPS) is 10.7. The second-order valence-corrected chi connectivity index (χ2v) is 7.28. The average molecular weight is 436 g/mol. The summed E-state index contributed by atoms with van der Waals surface area (Å²) in [5, 5.41) is 2.90. The molecule has 2 aromatic rings. The predicted molar refractivity (Wildman–Crippen MR) is 111 cm³/mol. The number of carbonyl (C=O) groups is 1. The average Bonchev–Trinajstić information content (AvgIpc) is 2.65. The molecule has 2 rings (SSSR count). The van der Waals surface area contributed by atoms with E-state index < -0.39 is 0 Å². The molecule has 1 N–H and O–H groups in total. The molecule has 5 nitrogen and oxygen atoms in total. The first-order valence-electron chi connectivity index (χ1n) is 9.04. The predicted octanol–water partition coefficient (Wildman–Crippen LogP) is 5.15. The number of ether oxygens (including phenoxy) is 3. The Morgan fingerprint density at radius 2 is 1.81 bits per heavy atom. The Bertz CT molecular complexity index is 731. The highest BCUT2D eigenvalue weighted by atomic mass is 79.9. The molecular weight excluding hydrogens is 410 g/mol. The Balaban J connectivity index is 2.01. The lowest BCUT2D eigenvalue weighted by Gasteiger charge is -2.14. The molecule has 0 radical (unpaired) electrons. The van der Waals surface area contributed by atoms with Gasteiger partial charge in [0.15, 0.2) is 0 Å². The number of benzene rings is 2. The minimum atomic E-state index is -0.222. The zero-order chi connectivity index (χ0) is 19.6. The lowest BCUT2D eigenvalue weighted by Crippen LogP contribution is -2.15. The minimum Gasteiger partial charge on any atom is -0.492 e. The molecule has 2 aromatic carbocycles. The summed E-state index contributed by atoms with van der Waals surface area (Å²) in [4.78, 5) is 12.7. The van der Waals surface area contributed by atoms with Crippen molar-refractivity contribution in [3.63, 3.8) is 0 Å². The summed E-state index contributed by atoms with van der Waals surface area (Å²) in [6.07, 6.45) is 0. The summed E-state index contributed by atoms with van der Waals surface area (Å²) in [6, 6.07) is 12.7. The third-order valence-corrected chi connectivity index (χ3v) is 4.06. The van der Waals surface area contributed by atoms with Crippen LogP contribution in [0.15, 0.2) is 46.9 Å². The van der Waals surface area contributed by atoms with Gasteiger partial charge in [-0.15, -0.1) is 0 Å². The maximum Gasteiger partial charge on any atom is 0.259 e. The lowest BCUT2D eigenvalue weighted by molar-refractivity contribution is 0.102. The molecule has 0 spiro atoms. The van der Waals surface area contributed by atoms with Crippen molar-refractivity contribution in [1.29, 1.82) is 0 Å². The van der Waals surface area contributed by atoms with Crippen LogP contribution >= 0.6 is 15.9 Å². The van der Waals surface area contributed by atoms with Crippen LogP contribution in [0.5, 0.6) is 11.5 Å². The van der Waals surface area contributed by atoms with Crippen molar-refractivity contribution >= 4 is 27.5 Å². The van der Waals surface area contributed by atoms with Crippen LogP contribution in [0.3, 0.4) is 0 Å². The van der Waals surface area contributed by atoms with Gasteiger partial charge in [-0.2, -0.15) is 0 Å². The first kappa shape index (κ1) is 21.3. The Morgan fingerprint density at radius 3 is 2.48 bits per heavy atom. The zero-order valence-corrected chi connectivity index (χ0v) is 17.5. The second kappa shape index (κ2) is 10.9. The molecule has 0 bridgehead atoms. The Kier molecular flexibility index (Phi) is 8.61. The van der Waals surface area contributed by atoms with Crippen molar-refractivity contribution in [2.24, 2.45) is 5.92 Å². The van der Waals surface area contributed by atoms with E-state index in [0.717, 1.165) is 10.2 Å². The second-order valence-electron chi connectivity index (χ2n) is 6.37. The first-order valence-corrected chi connectivity index (χ1v) is 9.83. The number of rotatable bonds is 10. The van der Waals surface area contributed by atoms with Crippen LogP contribution in [-0.4, -0.2) is 32.3 Å². The van der Waals surface area contributed by atoms with Crippen LogP contribution < -0.4 is 14.8 Å². The van der Waals surface area contributed by atoms with E-state index in [2.05, 4.69) is 35.1 Å². The maximum absolute atomic E-state index is 12.7. The Morgan fingerprint density at radius 1 is 1.07 bits per heavy atom. The van der Waals surface area contributed by atoms with Gasteiger partial charge in [-0.25, -0.2) is 0 Å². The van der Waals surface area contributed by atoms with Gasteiger partial charge in [-0.05, 0) is 55.3 Å². The van der Waals surface area contributed by atoms with Gasteiger partial charge in [0.2, 0.25) is 0 Å². The van der Waals surface area contributed by atoms with E-state index in [1.807, 2.05) is 25.1 Å². The standard InChI is InChI=1S/C21H26BrNO4/c1-4-25-11-12-26-18-8-6-17(7-9-18)23-21(24)19-13-16(22)5-10-20(19)27-14-15(2)3/h5-10,13,15H,4,11-12,14H2,1-3H3,(H,23,24). The molecule has 1 amide bonds. The van der Waals surface area contributed by atoms with Gasteiger partial charge in [0.05, 0.1) is 18.8 Å². The van der Waals surface area contributed by atoms with Gasteiger partial charge in [0.1, 0.15) is 18.1 Å². The molecule has 27 heavy (non-hydrogen) atoms. The van der Waals surface area contributed by atoms with E-state index in [0.29, 0.717) is 49.3 Å². The summed E-state index contributed by atoms with van der Waals surface area (Å²) in [6.45, 7) is 8.35. The first-order chi connectivity index (χ1) is 13.0. The molecule has 0 heterocycles. The number of halogens is 1. The van der Waals surface area contributed by atoms with Gasteiger partial charge in [-0.1, -0.05) is 29.8 Å². The van der Waals surface area contributed by atoms with E-state index in [-0.39, 0.29) is 5.91 Å². The number of hydrogen-bond acceptors (Lipinski definition) is 4. The lowest BCUT2D eigenvalue weighted by atomic mass is 10.1. The minimum absolute atomic E-state index is 0.222. The summed E-state index contributed by atoms with van der Waals surface area (Å²) in [5.74, 6) is 1.45. The van der Waals surface area contributed by atoms with Crippen LogP contribution in [0.2, 0.25) is 0 Å². The quantitative estimate of drug-likeness (QED) is 0.524. The topological polar surface area (TPSA) is 56.8 Å². The van der Waals surface area contributed by atoms with Gasteiger partial charge in [-0.3, -0.25) is 4.79 Å². The van der Waals surface area contributed by atoms with Crippen LogP contribution in [0, 0.1) is 5.92 Å². The molecule has 0 fully saturated rings. The smallest absolute Gasteiger partial charge is 0.259 e. The van der Waals surface area contributed by atoms with E-state index >= 15 is 0 Å². The molecule has 146 valence electrons. The highest BCUT2D eigenvalue weighted by Gasteiger charge is 2.14. The number of hydrogen-bond donors (Lipinski definition) is 1. The fourth-order valence-electron chi connectivity index (χ4n) is 2.26. The molecule has 0 aliphatic heterocycles. The summed E-state index contributed by atoms with van der Waals surface area (Å²) in [7, 11) is 0. The maximum atomic E-state index is 12.7. The monoisotopic (exact) mass is 435 g/mol. The molecule has 0 atom stereocenters. The van der Waals surface area contributed by atoms with Crippen LogP contribution in [-0.2, 0) is 4.74 Å². The third-order valence-electron chi connectivity index (χ3n) is 3.57. The van der Waals surface area contributed by atoms with Gasteiger partial charge >= 0.3 is 0 Å². The highest BCUT2D eigenvalue weighted by Crippen LogP contribution is 2.25. The molecule has 0 saturated carbocycles. The molecular formula is C21H26BrNO4. The van der Waals surface area contributed by atoms with E-state index in [9.17, 15) is 4.79 Å². The molecule has 0 aromatic heterocycles. The van der Waals surface area contributed by atoms with Crippen LogP contribution in [0.25, 0.3) is 0 Å². The zero-order valence-electron chi connectivity index (χ0n) is 16.0. The van der Waals surface area contributed by atoms with Crippen molar-refractivity contribution in [2.75, 3.05) is 31.7 Å². The largest absolute Gasteiger partial charge is 0.492 e. The Hall–Kier alpha value is -2.05. The van der Waals surface area contributed by atoms with E-state index in [4.69, 9.17) is 14.2 Å². The summed E-state index contributed by atoms with van der Waals surface area (Å²) >= 11 is 3.41. The Labute approximate surface area is 169 Å². The van der Waals surface area contributed by atoms with Crippen molar-refractivity contribution in [2.45, 2.75) is 20.8 Å². The number of carbonyl (C=O) groups excluding carboxylic acids is 1. The van der Waals surface area contributed by atoms with Crippen molar-refractivity contribution < 1.29 is 19.0 Å². The fourth-order valence-corrected chi connectivity index (χ4v) is 2.62. The van der Waals surface area contributed by atoms with Gasteiger partial charge in [0.25, 0.3) is 5.91 Å². The molecule has 0 aliphatic rings. The third kappa shape index (κ3) is 7.23. The van der Waals surface area contributed by atoms with Crippen molar-refractivity contribution in [1.82, 2.24) is 0 Å². The molecule has 6 heteroatoms. The number of anilines is 1. The van der Waals surface area contributed by atoms with Crippen LogP contribution in [0.1, 0.15) is 31.1 Å². The number of amides is 1.